The van der Waals surface area contributed by atoms with Gasteiger partial charge in [0.1, 0.15) is 5.60 Å². The minimum absolute atomic E-state index is 0.375. The monoisotopic (exact) mass is 348 g/mol. The molecule has 1 amide bonds. The number of carbonyl (C=O) groups is 1. The Hall–Kier alpha value is -2.70. The molecule has 1 rings (SSSR count). The number of alkyl carbamates (subject to hydrolysis) is 1. The number of benzene rings is 1. The van der Waals surface area contributed by atoms with E-state index in [1.165, 1.54) is 0 Å². The van der Waals surface area contributed by atoms with Gasteiger partial charge in [-0.1, -0.05) is 6.07 Å². The van der Waals surface area contributed by atoms with Crippen LogP contribution in [0.25, 0.3) is 5.70 Å². The van der Waals surface area contributed by atoms with Crippen molar-refractivity contribution in [3.05, 3.63) is 29.3 Å². The maximum Gasteiger partial charge on any atom is 0.407 e. The molecule has 0 heterocycles. The van der Waals surface area contributed by atoms with Gasteiger partial charge in [-0.05, 0) is 45.4 Å². The number of rotatable bonds is 6. The highest BCUT2D eigenvalue weighted by molar-refractivity contribution is 5.91. The number of anilines is 1. The lowest BCUT2D eigenvalue weighted by Gasteiger charge is -2.19. The lowest BCUT2D eigenvalue weighted by atomic mass is 10.1. The average Bonchev–Trinajstić information content (AvgIpc) is 2.51. The van der Waals surface area contributed by atoms with E-state index >= 15 is 0 Å². The maximum atomic E-state index is 11.5. The fourth-order valence-corrected chi connectivity index (χ4v) is 2.01. The van der Waals surface area contributed by atoms with Gasteiger partial charge in [0.05, 0.1) is 19.3 Å². The summed E-state index contributed by atoms with van der Waals surface area (Å²) in [4.78, 5) is 15.8. The molecule has 7 heteroatoms. The van der Waals surface area contributed by atoms with Gasteiger partial charge in [-0.25, -0.2) is 4.79 Å². The first-order valence-electron chi connectivity index (χ1n) is 8.01. The fraction of sp³-hybridized carbons (Fsp3) is 0.444. The lowest BCUT2D eigenvalue weighted by Crippen LogP contribution is -2.33. The average molecular weight is 348 g/mol. The fourth-order valence-electron chi connectivity index (χ4n) is 2.01. The number of ether oxygens (including phenoxy) is 2. The molecule has 0 radical (unpaired) electrons. The predicted octanol–water partition coefficient (Wildman–Crippen LogP) is 2.56. The van der Waals surface area contributed by atoms with Gasteiger partial charge in [0.25, 0.3) is 0 Å². The Bertz CT molecular complexity index is 661. The Kier molecular flexibility index (Phi) is 7.29. The van der Waals surface area contributed by atoms with E-state index in [0.29, 0.717) is 30.2 Å². The largest absolute Gasteiger partial charge is 0.494 e. The van der Waals surface area contributed by atoms with Gasteiger partial charge in [0.2, 0.25) is 0 Å². The van der Waals surface area contributed by atoms with Crippen LogP contribution >= 0.6 is 0 Å². The standard InChI is InChI=1S/C18H28N4O3/c1-12(11-21-9-10-22-17(23)25-18(2,3)4)15(20)13-7-6-8-14(19)16(13)24-5/h6-8,11H,9-10,19-20H2,1-5H3,(H,22,23). The van der Waals surface area contributed by atoms with Crippen LogP contribution in [0, 0.1) is 0 Å². The van der Waals surface area contributed by atoms with E-state index in [4.69, 9.17) is 20.9 Å². The van der Waals surface area contributed by atoms with E-state index in [-0.39, 0.29) is 0 Å². The van der Waals surface area contributed by atoms with Gasteiger partial charge in [0, 0.05) is 24.0 Å². The zero-order chi connectivity index (χ0) is 19.0. The van der Waals surface area contributed by atoms with Crippen LogP contribution in [0.5, 0.6) is 5.75 Å². The Balaban J connectivity index is 2.64. The van der Waals surface area contributed by atoms with Crippen LogP contribution in [0.3, 0.4) is 0 Å². The molecule has 1 aromatic rings. The Morgan fingerprint density at radius 2 is 2.04 bits per heavy atom. The third-order valence-corrected chi connectivity index (χ3v) is 3.16. The Morgan fingerprint density at radius 1 is 1.36 bits per heavy atom. The summed E-state index contributed by atoms with van der Waals surface area (Å²) in [5.41, 5.74) is 14.1. The van der Waals surface area contributed by atoms with Crippen molar-refractivity contribution in [2.45, 2.75) is 33.3 Å². The van der Waals surface area contributed by atoms with Crippen molar-refractivity contribution < 1.29 is 14.3 Å². The summed E-state index contributed by atoms with van der Waals surface area (Å²) in [5, 5.41) is 2.64. The summed E-state index contributed by atoms with van der Waals surface area (Å²) in [6.07, 6.45) is 1.20. The van der Waals surface area contributed by atoms with Crippen molar-refractivity contribution in [3.8, 4) is 5.75 Å². The van der Waals surface area contributed by atoms with Gasteiger partial charge in [-0.2, -0.15) is 0 Å². The summed E-state index contributed by atoms with van der Waals surface area (Å²) in [6.45, 7) is 8.08. The Morgan fingerprint density at radius 3 is 2.64 bits per heavy atom. The summed E-state index contributed by atoms with van der Waals surface area (Å²) in [7, 11) is 1.55. The summed E-state index contributed by atoms with van der Waals surface area (Å²) in [5.74, 6) is 0.541. The van der Waals surface area contributed by atoms with Crippen molar-refractivity contribution in [2.24, 2.45) is 10.7 Å². The molecule has 0 aliphatic heterocycles. The SMILES string of the molecule is COc1c(N)cccc1C(N)=C(C)C=NCCNC(=O)OC(C)(C)C. The molecule has 0 unspecified atom stereocenters. The van der Waals surface area contributed by atoms with Crippen molar-refractivity contribution >= 4 is 23.7 Å². The van der Waals surface area contributed by atoms with Crippen LogP contribution in [-0.4, -0.2) is 38.1 Å². The van der Waals surface area contributed by atoms with Crippen molar-refractivity contribution in [2.75, 3.05) is 25.9 Å². The second-order valence-corrected chi connectivity index (χ2v) is 6.49. The number of nitrogens with zero attached hydrogens (tertiary/aromatic N) is 1. The summed E-state index contributed by atoms with van der Waals surface area (Å²) >= 11 is 0. The molecule has 25 heavy (non-hydrogen) atoms. The maximum absolute atomic E-state index is 11.5. The molecule has 1 aromatic carbocycles. The minimum atomic E-state index is -0.516. The second kappa shape index (κ2) is 8.96. The van der Waals surface area contributed by atoms with E-state index in [1.807, 2.05) is 39.8 Å². The molecule has 138 valence electrons. The van der Waals surface area contributed by atoms with Crippen molar-refractivity contribution in [1.29, 1.82) is 0 Å². The highest BCUT2D eigenvalue weighted by Gasteiger charge is 2.15. The van der Waals surface area contributed by atoms with Gasteiger partial charge < -0.3 is 26.3 Å². The van der Waals surface area contributed by atoms with E-state index in [9.17, 15) is 4.79 Å². The summed E-state index contributed by atoms with van der Waals surface area (Å²) < 4.78 is 10.5. The van der Waals surface area contributed by atoms with Crippen LogP contribution in [0.2, 0.25) is 0 Å². The molecule has 0 saturated heterocycles. The first-order valence-corrected chi connectivity index (χ1v) is 8.01. The predicted molar refractivity (Wildman–Crippen MR) is 102 cm³/mol. The minimum Gasteiger partial charge on any atom is -0.494 e. The first-order chi connectivity index (χ1) is 11.7. The van der Waals surface area contributed by atoms with E-state index in [2.05, 4.69) is 10.3 Å². The van der Waals surface area contributed by atoms with Crippen LogP contribution in [0.4, 0.5) is 10.5 Å². The second-order valence-electron chi connectivity index (χ2n) is 6.49. The number of nitrogen functional groups attached to an aromatic ring is 1. The van der Waals surface area contributed by atoms with Crippen molar-refractivity contribution in [1.82, 2.24) is 5.32 Å². The van der Waals surface area contributed by atoms with Gasteiger partial charge in [-0.3, -0.25) is 4.99 Å². The molecule has 0 bridgehead atoms. The smallest absolute Gasteiger partial charge is 0.407 e. The molecule has 0 spiro atoms. The molecule has 7 nitrogen and oxygen atoms in total. The molecular weight excluding hydrogens is 320 g/mol. The molecular formula is C18H28N4O3. The molecule has 0 aliphatic carbocycles. The van der Waals surface area contributed by atoms with Crippen LogP contribution in [0.15, 0.2) is 28.8 Å². The van der Waals surface area contributed by atoms with Gasteiger partial charge in [0.15, 0.2) is 5.75 Å². The first kappa shape index (κ1) is 20.3. The highest BCUT2D eigenvalue weighted by atomic mass is 16.6. The number of amides is 1. The zero-order valence-corrected chi connectivity index (χ0v) is 15.6. The number of para-hydroxylation sites is 1. The van der Waals surface area contributed by atoms with E-state index in [0.717, 1.165) is 11.1 Å². The Labute approximate surface area is 149 Å². The number of methoxy groups -OCH3 is 1. The number of nitrogens with one attached hydrogen (secondary N) is 1. The number of carbonyl (C=O) groups excluding carboxylic acids is 1. The molecule has 0 aromatic heterocycles. The molecule has 5 N–H and O–H groups in total. The number of nitrogens with two attached hydrogens (primary N) is 2. The summed E-state index contributed by atoms with van der Waals surface area (Å²) in [6, 6.07) is 5.41. The quantitative estimate of drug-likeness (QED) is 0.415. The molecule has 0 aliphatic rings. The number of hydrogen-bond donors (Lipinski definition) is 3. The third-order valence-electron chi connectivity index (χ3n) is 3.16. The topological polar surface area (TPSA) is 112 Å². The molecule has 0 fully saturated rings. The van der Waals surface area contributed by atoms with Crippen LogP contribution in [-0.2, 0) is 4.74 Å². The molecule has 0 atom stereocenters. The van der Waals surface area contributed by atoms with Crippen molar-refractivity contribution in [3.63, 3.8) is 0 Å². The third kappa shape index (κ3) is 6.74. The van der Waals surface area contributed by atoms with Crippen LogP contribution < -0.4 is 21.5 Å². The zero-order valence-electron chi connectivity index (χ0n) is 15.6. The highest BCUT2D eigenvalue weighted by Crippen LogP contribution is 2.30. The van der Waals surface area contributed by atoms with E-state index in [1.54, 1.807) is 19.4 Å². The van der Waals surface area contributed by atoms with E-state index < -0.39 is 11.7 Å². The number of allylic oxidation sites excluding steroid dienone is 1. The number of hydrogen-bond acceptors (Lipinski definition) is 6. The van der Waals surface area contributed by atoms with Gasteiger partial charge >= 0.3 is 6.09 Å². The lowest BCUT2D eigenvalue weighted by molar-refractivity contribution is 0.0529. The number of aliphatic imine (C=N–C) groups is 1. The van der Waals surface area contributed by atoms with Crippen LogP contribution in [0.1, 0.15) is 33.3 Å². The molecule has 0 saturated carbocycles. The van der Waals surface area contributed by atoms with Gasteiger partial charge in [-0.15, -0.1) is 0 Å². The normalized spacial score (nSPS) is 12.7.